The van der Waals surface area contributed by atoms with E-state index in [1.807, 2.05) is 0 Å². The molecule has 21 heavy (non-hydrogen) atoms. The van der Waals surface area contributed by atoms with E-state index >= 15 is 0 Å². The lowest BCUT2D eigenvalue weighted by atomic mass is 10.3. The minimum atomic E-state index is -3.90. The molecule has 1 heterocycles. The molecule has 0 aliphatic rings. The van der Waals surface area contributed by atoms with Gasteiger partial charge in [-0.2, -0.15) is 0 Å². The molecule has 112 valence electrons. The second-order valence-corrected chi connectivity index (χ2v) is 7.95. The van der Waals surface area contributed by atoms with Crippen LogP contribution in [0.5, 0.6) is 0 Å². The first-order chi connectivity index (χ1) is 9.72. The number of hydrogen-bond acceptors (Lipinski definition) is 4. The third-order valence-electron chi connectivity index (χ3n) is 2.66. The number of hydrogen-bond donors (Lipinski definition) is 2. The van der Waals surface area contributed by atoms with E-state index in [1.54, 1.807) is 19.1 Å². The van der Waals surface area contributed by atoms with Crippen LogP contribution in [-0.2, 0) is 10.0 Å². The molecular formula is C12H10Br2ClN3O2S. The van der Waals surface area contributed by atoms with Crippen molar-refractivity contribution in [2.24, 2.45) is 0 Å². The molecule has 0 saturated carbocycles. The number of anilines is 2. The van der Waals surface area contributed by atoms with E-state index in [2.05, 4.69) is 41.6 Å². The third-order valence-corrected chi connectivity index (χ3v) is 5.75. The SMILES string of the molecule is Cc1ccnc(Cl)c1NS(=O)(=O)c1c(N)cc(Br)cc1Br. The van der Waals surface area contributed by atoms with E-state index in [0.717, 1.165) is 0 Å². The first kappa shape index (κ1) is 16.5. The molecule has 0 spiro atoms. The van der Waals surface area contributed by atoms with Gasteiger partial charge < -0.3 is 5.73 Å². The highest BCUT2D eigenvalue weighted by molar-refractivity contribution is 9.11. The Morgan fingerprint density at radius 1 is 1.33 bits per heavy atom. The Bertz CT molecular complexity index is 769. The number of nitrogens with one attached hydrogen (secondary N) is 1. The van der Waals surface area contributed by atoms with Gasteiger partial charge in [-0.15, -0.1) is 0 Å². The Labute approximate surface area is 144 Å². The Hall–Kier alpha value is -0.830. The number of halogens is 3. The molecule has 0 radical (unpaired) electrons. The summed E-state index contributed by atoms with van der Waals surface area (Å²) in [6, 6.07) is 4.77. The molecule has 2 aromatic rings. The van der Waals surface area contributed by atoms with E-state index in [9.17, 15) is 8.42 Å². The van der Waals surface area contributed by atoms with Crippen molar-refractivity contribution in [1.82, 2.24) is 4.98 Å². The second kappa shape index (κ2) is 6.12. The molecule has 0 amide bonds. The first-order valence-corrected chi connectivity index (χ1v) is 9.05. The number of pyridine rings is 1. The normalized spacial score (nSPS) is 11.4. The van der Waals surface area contributed by atoms with Gasteiger partial charge in [0.25, 0.3) is 10.0 Å². The van der Waals surface area contributed by atoms with Crippen LogP contribution >= 0.6 is 43.5 Å². The van der Waals surface area contributed by atoms with E-state index in [1.165, 1.54) is 12.3 Å². The van der Waals surface area contributed by atoms with Crippen molar-refractivity contribution in [3.63, 3.8) is 0 Å². The smallest absolute Gasteiger partial charge is 0.265 e. The highest BCUT2D eigenvalue weighted by Gasteiger charge is 2.23. The number of rotatable bonds is 3. The van der Waals surface area contributed by atoms with E-state index in [4.69, 9.17) is 17.3 Å². The van der Waals surface area contributed by atoms with Gasteiger partial charge in [0.15, 0.2) is 5.15 Å². The van der Waals surface area contributed by atoms with Crippen molar-refractivity contribution >= 4 is 64.9 Å². The van der Waals surface area contributed by atoms with Gasteiger partial charge in [0.05, 0.1) is 11.4 Å². The molecule has 1 aromatic carbocycles. The van der Waals surface area contributed by atoms with Gasteiger partial charge >= 0.3 is 0 Å². The molecule has 0 atom stereocenters. The van der Waals surface area contributed by atoms with Crippen LogP contribution in [0.1, 0.15) is 5.56 Å². The lowest BCUT2D eigenvalue weighted by Crippen LogP contribution is -2.16. The summed E-state index contributed by atoms with van der Waals surface area (Å²) in [5.74, 6) is 0. The summed E-state index contributed by atoms with van der Waals surface area (Å²) in [4.78, 5) is 3.81. The Balaban J connectivity index is 2.54. The summed E-state index contributed by atoms with van der Waals surface area (Å²) in [5, 5.41) is 0.0744. The lowest BCUT2D eigenvalue weighted by molar-refractivity contribution is 0.601. The average Bonchev–Trinajstić information content (AvgIpc) is 2.32. The number of nitrogen functional groups attached to an aromatic ring is 1. The minimum Gasteiger partial charge on any atom is -0.398 e. The van der Waals surface area contributed by atoms with Crippen molar-refractivity contribution in [3.05, 3.63) is 44.1 Å². The Morgan fingerprint density at radius 2 is 2.00 bits per heavy atom. The lowest BCUT2D eigenvalue weighted by Gasteiger charge is -2.14. The summed E-state index contributed by atoms with van der Waals surface area (Å²) < 4.78 is 28.5. The van der Waals surface area contributed by atoms with Gasteiger partial charge in [-0.1, -0.05) is 27.5 Å². The standard InChI is InChI=1S/C12H10Br2ClN3O2S/c1-6-2-3-17-12(15)10(6)18-21(19,20)11-8(14)4-7(13)5-9(11)16/h2-5,18H,16H2,1H3. The third kappa shape index (κ3) is 3.50. The van der Waals surface area contributed by atoms with Crippen LogP contribution in [0.3, 0.4) is 0 Å². The fraction of sp³-hybridized carbons (Fsp3) is 0.0833. The van der Waals surface area contributed by atoms with Gasteiger partial charge in [-0.25, -0.2) is 13.4 Å². The molecule has 2 rings (SSSR count). The topological polar surface area (TPSA) is 85.1 Å². The monoisotopic (exact) mass is 453 g/mol. The molecule has 0 bridgehead atoms. The van der Waals surface area contributed by atoms with Gasteiger partial charge in [0, 0.05) is 15.1 Å². The maximum atomic E-state index is 12.5. The second-order valence-electron chi connectivity index (χ2n) is 4.21. The number of sulfonamides is 1. The van der Waals surface area contributed by atoms with Crippen molar-refractivity contribution in [3.8, 4) is 0 Å². The first-order valence-electron chi connectivity index (χ1n) is 5.61. The zero-order valence-electron chi connectivity index (χ0n) is 10.7. The number of nitrogens with two attached hydrogens (primary N) is 1. The molecule has 1 aromatic heterocycles. The zero-order valence-corrected chi connectivity index (χ0v) is 15.4. The largest absolute Gasteiger partial charge is 0.398 e. The number of aromatic nitrogens is 1. The number of benzene rings is 1. The van der Waals surface area contributed by atoms with Crippen molar-refractivity contribution in [2.75, 3.05) is 10.5 Å². The van der Waals surface area contributed by atoms with Crippen molar-refractivity contribution in [1.29, 1.82) is 0 Å². The molecule has 0 unspecified atom stereocenters. The molecule has 3 N–H and O–H groups in total. The fourth-order valence-electron chi connectivity index (χ4n) is 1.70. The van der Waals surface area contributed by atoms with Crippen LogP contribution in [0.2, 0.25) is 5.15 Å². The molecular weight excluding hydrogens is 445 g/mol. The molecule has 0 aliphatic heterocycles. The Morgan fingerprint density at radius 3 is 2.57 bits per heavy atom. The maximum Gasteiger partial charge on any atom is 0.265 e. The van der Waals surface area contributed by atoms with Crippen molar-refractivity contribution in [2.45, 2.75) is 11.8 Å². The quantitative estimate of drug-likeness (QED) is 0.542. The predicted molar refractivity (Wildman–Crippen MR) is 91.0 cm³/mol. The van der Waals surface area contributed by atoms with Crippen LogP contribution in [-0.4, -0.2) is 13.4 Å². The van der Waals surface area contributed by atoms with Crippen LogP contribution in [0, 0.1) is 6.92 Å². The number of aryl methyl sites for hydroxylation is 1. The molecule has 5 nitrogen and oxygen atoms in total. The van der Waals surface area contributed by atoms with Crippen LogP contribution in [0.15, 0.2) is 38.2 Å². The molecule has 0 aliphatic carbocycles. The maximum absolute atomic E-state index is 12.5. The molecule has 0 saturated heterocycles. The number of nitrogens with zero attached hydrogens (tertiary/aromatic N) is 1. The summed E-state index contributed by atoms with van der Waals surface area (Å²) >= 11 is 12.4. The van der Waals surface area contributed by atoms with Crippen molar-refractivity contribution < 1.29 is 8.42 Å². The van der Waals surface area contributed by atoms with Crippen LogP contribution in [0.4, 0.5) is 11.4 Å². The Kier molecular flexibility index (Phi) is 4.82. The minimum absolute atomic E-state index is 0.0509. The van der Waals surface area contributed by atoms with Crippen LogP contribution < -0.4 is 10.5 Å². The molecule has 0 fully saturated rings. The zero-order chi connectivity index (χ0) is 15.8. The highest BCUT2D eigenvalue weighted by Crippen LogP contribution is 2.34. The van der Waals surface area contributed by atoms with Gasteiger partial charge in [-0.05, 0) is 46.6 Å². The van der Waals surface area contributed by atoms with Gasteiger partial charge in [0.1, 0.15) is 4.90 Å². The van der Waals surface area contributed by atoms with E-state index in [-0.39, 0.29) is 21.4 Å². The van der Waals surface area contributed by atoms with Gasteiger partial charge in [0.2, 0.25) is 0 Å². The summed E-state index contributed by atoms with van der Waals surface area (Å²) in [5.41, 5.74) is 6.81. The summed E-state index contributed by atoms with van der Waals surface area (Å²) in [7, 11) is -3.90. The van der Waals surface area contributed by atoms with Gasteiger partial charge in [-0.3, -0.25) is 4.72 Å². The highest BCUT2D eigenvalue weighted by atomic mass is 79.9. The molecule has 9 heteroatoms. The van der Waals surface area contributed by atoms with E-state index < -0.39 is 10.0 Å². The van der Waals surface area contributed by atoms with E-state index in [0.29, 0.717) is 14.5 Å². The van der Waals surface area contributed by atoms with Crippen LogP contribution in [0.25, 0.3) is 0 Å². The summed E-state index contributed by atoms with van der Waals surface area (Å²) in [6.07, 6.45) is 1.50. The average molecular weight is 456 g/mol. The fourth-order valence-corrected chi connectivity index (χ4v) is 5.22. The summed E-state index contributed by atoms with van der Waals surface area (Å²) in [6.45, 7) is 1.73. The predicted octanol–water partition coefficient (Wildman–Crippen LogP) is 3.95.